The minimum Gasteiger partial charge on any atom is -0.478 e. The van der Waals surface area contributed by atoms with Crippen molar-refractivity contribution in [3.8, 4) is 0 Å². The summed E-state index contributed by atoms with van der Waals surface area (Å²) in [6.45, 7) is 4.23. The number of aliphatic hydroxyl groups is 4. The van der Waals surface area contributed by atoms with Crippen LogP contribution in [0.3, 0.4) is 0 Å². The predicted molar refractivity (Wildman–Crippen MR) is 122 cm³/mol. The van der Waals surface area contributed by atoms with Gasteiger partial charge in [0, 0.05) is 17.3 Å². The number of ether oxygens (including phenoxy) is 1. The zero-order chi connectivity index (χ0) is 24.7. The van der Waals surface area contributed by atoms with E-state index in [1.54, 1.807) is 6.07 Å². The number of benzene rings is 1. The summed E-state index contributed by atoms with van der Waals surface area (Å²) in [5.74, 6) is -4.42. The molecule has 9 atom stereocenters. The molecule has 35 heavy (non-hydrogen) atoms. The molecule has 3 saturated carbocycles. The lowest BCUT2D eigenvalue weighted by Crippen LogP contribution is -2.86. The van der Waals surface area contributed by atoms with Crippen molar-refractivity contribution < 1.29 is 35.1 Å². The van der Waals surface area contributed by atoms with Gasteiger partial charge in [-0.2, -0.15) is 0 Å². The van der Waals surface area contributed by atoms with Crippen molar-refractivity contribution in [1.82, 2.24) is 9.97 Å². The summed E-state index contributed by atoms with van der Waals surface area (Å²) < 4.78 is 6.12. The first kappa shape index (κ1) is 22.1. The number of hydrogen-bond acceptors (Lipinski definition) is 8. The van der Waals surface area contributed by atoms with Gasteiger partial charge in [-0.25, -0.2) is 14.8 Å². The summed E-state index contributed by atoms with van der Waals surface area (Å²) in [5.41, 5.74) is -0.863. The van der Waals surface area contributed by atoms with Crippen molar-refractivity contribution >= 4 is 17.0 Å². The van der Waals surface area contributed by atoms with Crippen molar-refractivity contribution in [1.29, 1.82) is 0 Å². The van der Waals surface area contributed by atoms with Gasteiger partial charge in [0.15, 0.2) is 0 Å². The van der Waals surface area contributed by atoms with E-state index in [1.165, 1.54) is 12.1 Å². The largest absolute Gasteiger partial charge is 0.478 e. The second kappa shape index (κ2) is 6.39. The van der Waals surface area contributed by atoms with Crippen LogP contribution in [0.25, 0.3) is 11.0 Å². The molecule has 1 aromatic carbocycles. The smallest absolute Gasteiger partial charge is 0.335 e. The van der Waals surface area contributed by atoms with Gasteiger partial charge in [0.05, 0.1) is 46.8 Å². The van der Waals surface area contributed by atoms with Gasteiger partial charge in [0.25, 0.3) is 0 Å². The maximum absolute atomic E-state index is 12.3. The van der Waals surface area contributed by atoms with Crippen LogP contribution in [-0.4, -0.2) is 72.2 Å². The van der Waals surface area contributed by atoms with Crippen molar-refractivity contribution in [3.63, 3.8) is 0 Å². The van der Waals surface area contributed by atoms with Crippen LogP contribution < -0.4 is 0 Å². The molecule has 0 amide bonds. The van der Waals surface area contributed by atoms with Crippen LogP contribution in [0.4, 0.5) is 0 Å². The van der Waals surface area contributed by atoms with E-state index in [0.29, 0.717) is 48.1 Å². The number of aromatic carboxylic acids is 1. The average Bonchev–Trinajstić information content (AvgIpc) is 2.94. The Bertz CT molecular complexity index is 1300. The number of carboxylic acids is 1. The third-order valence-electron chi connectivity index (χ3n) is 10.4. The fraction of sp³-hybridized carbons (Fsp3) is 0.654. The molecule has 2 aliphatic heterocycles. The van der Waals surface area contributed by atoms with Gasteiger partial charge in [-0.15, -0.1) is 0 Å². The minimum atomic E-state index is -2.12. The molecule has 5 fully saturated rings. The molecule has 9 heteroatoms. The van der Waals surface area contributed by atoms with Gasteiger partial charge in [-0.3, -0.25) is 0 Å². The number of rotatable bonds is 1. The van der Waals surface area contributed by atoms with Gasteiger partial charge in [0.2, 0.25) is 5.79 Å². The van der Waals surface area contributed by atoms with Gasteiger partial charge >= 0.3 is 5.97 Å². The number of aliphatic hydroxyl groups excluding tert-OH is 3. The lowest BCUT2D eigenvalue weighted by molar-refractivity contribution is -0.449. The Morgan fingerprint density at radius 1 is 1.06 bits per heavy atom. The third kappa shape index (κ3) is 2.19. The Morgan fingerprint density at radius 3 is 2.57 bits per heavy atom. The van der Waals surface area contributed by atoms with E-state index in [9.17, 15) is 30.3 Å². The molecule has 0 radical (unpaired) electrons. The molecule has 2 aromatic rings. The number of carboxylic acid groups (broad SMARTS) is 1. The second-order valence-corrected chi connectivity index (χ2v) is 12.1. The van der Waals surface area contributed by atoms with Gasteiger partial charge in [-0.05, 0) is 55.2 Å². The fourth-order valence-electron chi connectivity index (χ4n) is 9.17. The van der Waals surface area contributed by atoms with Crippen molar-refractivity contribution in [2.45, 2.75) is 75.0 Å². The van der Waals surface area contributed by atoms with Crippen LogP contribution in [0.5, 0.6) is 0 Å². The normalized spacial score (nSPS) is 46.7. The summed E-state index contributed by atoms with van der Waals surface area (Å²) in [6, 6.07) is 4.51. The van der Waals surface area contributed by atoms with Crippen LogP contribution in [0, 0.1) is 22.7 Å². The molecule has 6 aliphatic rings. The molecule has 5 N–H and O–H groups in total. The second-order valence-electron chi connectivity index (χ2n) is 12.1. The molecule has 186 valence electrons. The SMILES string of the molecule is CC1(C)CC[C@H](O)[C@]23CO[C@@](O)([C@@H](O)C12)C12c4nc5cc(C(=O)O)ccc5nc4[C@H](CCC13)[C@H]2O. The number of aromatic nitrogens is 2. The molecule has 4 aliphatic carbocycles. The first-order chi connectivity index (χ1) is 16.5. The topological polar surface area (TPSA) is 153 Å². The molecule has 2 saturated heterocycles. The van der Waals surface area contributed by atoms with Crippen molar-refractivity contribution in [3.05, 3.63) is 35.2 Å². The van der Waals surface area contributed by atoms with Crippen molar-refractivity contribution in [2.24, 2.45) is 22.7 Å². The van der Waals surface area contributed by atoms with Gasteiger partial charge < -0.3 is 30.3 Å². The lowest BCUT2D eigenvalue weighted by atomic mass is 9.35. The Balaban J connectivity index is 1.54. The number of nitrogens with zero attached hydrogens (tertiary/aromatic N) is 2. The van der Waals surface area contributed by atoms with E-state index >= 15 is 0 Å². The summed E-state index contributed by atoms with van der Waals surface area (Å²) in [7, 11) is 0. The van der Waals surface area contributed by atoms with E-state index in [2.05, 4.69) is 13.8 Å². The highest BCUT2D eigenvalue weighted by atomic mass is 16.6. The highest BCUT2D eigenvalue weighted by molar-refractivity contribution is 5.92. The molecule has 3 heterocycles. The maximum Gasteiger partial charge on any atom is 0.335 e. The van der Waals surface area contributed by atoms with E-state index < -0.39 is 58.7 Å². The standard InChI is InChI=1S/C26H30N2O7/c1-23(2)8-7-16(29)24-10-35-26(34,21(31)18(23)24)25-15(24)6-4-12(20(25)30)17-19(25)28-14-9-11(22(32)33)3-5-13(14)27-17/h3,5,9,12,15-16,18,20-21,29-31,34H,4,6-8,10H2,1-2H3,(H,32,33)/t12-,15?,16-,18?,20+,21-,24+,25?,26-/m0/s1. The van der Waals surface area contributed by atoms with Gasteiger partial charge in [-0.1, -0.05) is 13.8 Å². The van der Waals surface area contributed by atoms with Crippen LogP contribution in [0.15, 0.2) is 18.2 Å². The summed E-state index contributed by atoms with van der Waals surface area (Å²) in [4.78, 5) is 21.2. The Labute approximate surface area is 201 Å². The summed E-state index contributed by atoms with van der Waals surface area (Å²) >= 11 is 0. The average molecular weight is 483 g/mol. The molecule has 9 nitrogen and oxygen atoms in total. The van der Waals surface area contributed by atoms with E-state index in [1.807, 2.05) is 0 Å². The molecular weight excluding hydrogens is 452 g/mol. The zero-order valence-electron chi connectivity index (χ0n) is 19.7. The Morgan fingerprint density at radius 2 is 1.83 bits per heavy atom. The molecule has 1 aromatic heterocycles. The highest BCUT2D eigenvalue weighted by Crippen LogP contribution is 2.76. The van der Waals surface area contributed by atoms with E-state index in [4.69, 9.17) is 14.7 Å². The van der Waals surface area contributed by atoms with Crippen LogP contribution >= 0.6 is 0 Å². The molecular formula is C26H30N2O7. The third-order valence-corrected chi connectivity index (χ3v) is 10.4. The zero-order valence-corrected chi connectivity index (χ0v) is 19.7. The predicted octanol–water partition coefficient (Wildman–Crippen LogP) is 1.31. The Hall–Kier alpha value is -2.17. The number of carbonyl (C=O) groups is 1. The van der Waals surface area contributed by atoms with Gasteiger partial charge in [0.1, 0.15) is 11.5 Å². The minimum absolute atomic E-state index is 0.0607. The monoisotopic (exact) mass is 482 g/mol. The lowest BCUT2D eigenvalue weighted by Gasteiger charge is -2.75. The quantitative estimate of drug-likeness (QED) is 0.405. The van der Waals surface area contributed by atoms with E-state index in [0.717, 1.165) is 0 Å². The van der Waals surface area contributed by atoms with Crippen LogP contribution in [0.1, 0.15) is 67.2 Å². The first-order valence-corrected chi connectivity index (χ1v) is 12.5. The first-order valence-electron chi connectivity index (χ1n) is 12.5. The van der Waals surface area contributed by atoms with Crippen LogP contribution in [-0.2, 0) is 10.2 Å². The summed E-state index contributed by atoms with van der Waals surface area (Å²) in [5, 5.41) is 56.9. The fourth-order valence-corrected chi connectivity index (χ4v) is 9.17. The summed E-state index contributed by atoms with van der Waals surface area (Å²) in [6.07, 6.45) is -0.733. The van der Waals surface area contributed by atoms with Crippen molar-refractivity contribution in [2.75, 3.05) is 6.61 Å². The van der Waals surface area contributed by atoms with E-state index in [-0.39, 0.29) is 17.6 Å². The Kier molecular flexibility index (Phi) is 4.03. The molecule has 2 spiro atoms. The highest BCUT2D eigenvalue weighted by Gasteiger charge is 2.85. The molecule has 8 rings (SSSR count). The maximum atomic E-state index is 12.3. The molecule has 4 bridgehead atoms. The number of fused-ring (bicyclic) bond motifs is 5. The van der Waals surface area contributed by atoms with Crippen LogP contribution in [0.2, 0.25) is 0 Å². The number of hydrogen-bond donors (Lipinski definition) is 5. The molecule has 3 unspecified atom stereocenters.